The SMILES string of the molecule is COCCC(C)(O)CNS(=O)(=O)c1cnc(Cl)c(Cl)c1. The second kappa shape index (κ2) is 7.02. The van der Waals surface area contributed by atoms with Crippen LogP contribution in [0.5, 0.6) is 0 Å². The van der Waals surface area contributed by atoms with Gasteiger partial charge in [-0.2, -0.15) is 0 Å². The molecule has 9 heteroatoms. The van der Waals surface area contributed by atoms with E-state index in [0.717, 1.165) is 6.20 Å². The maximum atomic E-state index is 12.0. The third-order valence-electron chi connectivity index (χ3n) is 2.57. The van der Waals surface area contributed by atoms with Crippen molar-refractivity contribution in [1.29, 1.82) is 0 Å². The lowest BCUT2D eigenvalue weighted by molar-refractivity contribution is 0.0292. The summed E-state index contributed by atoms with van der Waals surface area (Å²) in [6.45, 7) is 1.68. The minimum absolute atomic E-state index is 0.0257. The first-order valence-electron chi connectivity index (χ1n) is 5.70. The fraction of sp³-hybridized carbons (Fsp3) is 0.545. The van der Waals surface area contributed by atoms with Crippen LogP contribution in [0.2, 0.25) is 10.2 Å². The zero-order chi connectivity index (χ0) is 15.4. The van der Waals surface area contributed by atoms with Crippen LogP contribution >= 0.6 is 23.2 Å². The predicted octanol–water partition coefficient (Wildman–Crippen LogP) is 1.45. The molecule has 2 N–H and O–H groups in total. The van der Waals surface area contributed by atoms with Crippen molar-refractivity contribution >= 4 is 33.2 Å². The maximum absolute atomic E-state index is 12.0. The molecule has 6 nitrogen and oxygen atoms in total. The zero-order valence-electron chi connectivity index (χ0n) is 11.1. The quantitative estimate of drug-likeness (QED) is 0.732. The van der Waals surface area contributed by atoms with E-state index in [1.54, 1.807) is 0 Å². The number of nitrogens with one attached hydrogen (secondary N) is 1. The fourth-order valence-electron chi connectivity index (χ4n) is 1.29. The Morgan fingerprint density at radius 3 is 2.70 bits per heavy atom. The van der Waals surface area contributed by atoms with E-state index in [1.807, 2.05) is 0 Å². The number of nitrogens with zero attached hydrogens (tertiary/aromatic N) is 1. The van der Waals surface area contributed by atoms with Crippen LogP contribution in [-0.2, 0) is 14.8 Å². The highest BCUT2D eigenvalue weighted by Crippen LogP contribution is 2.22. The lowest BCUT2D eigenvalue weighted by atomic mass is 10.0. The number of pyridine rings is 1. The number of hydrogen-bond donors (Lipinski definition) is 2. The lowest BCUT2D eigenvalue weighted by Gasteiger charge is -2.23. The molecule has 0 aliphatic heterocycles. The third-order valence-corrected chi connectivity index (χ3v) is 4.62. The Balaban J connectivity index is 2.77. The molecule has 0 aliphatic carbocycles. The smallest absolute Gasteiger partial charge is 0.242 e. The van der Waals surface area contributed by atoms with Crippen molar-refractivity contribution in [1.82, 2.24) is 9.71 Å². The Hall–Kier alpha value is -0.440. The van der Waals surface area contributed by atoms with Gasteiger partial charge in [-0.05, 0) is 13.0 Å². The molecule has 1 aromatic heterocycles. The van der Waals surface area contributed by atoms with Crippen LogP contribution in [0.1, 0.15) is 13.3 Å². The van der Waals surface area contributed by atoms with E-state index in [9.17, 15) is 13.5 Å². The first-order valence-corrected chi connectivity index (χ1v) is 7.94. The molecule has 0 saturated heterocycles. The number of ether oxygens (including phenoxy) is 1. The average Bonchev–Trinajstić information content (AvgIpc) is 2.37. The Labute approximate surface area is 128 Å². The van der Waals surface area contributed by atoms with E-state index >= 15 is 0 Å². The molecule has 1 aromatic rings. The van der Waals surface area contributed by atoms with Crippen LogP contribution < -0.4 is 4.72 Å². The summed E-state index contributed by atoms with van der Waals surface area (Å²) < 4.78 is 31.2. The molecule has 0 spiro atoms. The van der Waals surface area contributed by atoms with Crippen LogP contribution in [0.25, 0.3) is 0 Å². The van der Waals surface area contributed by atoms with Gasteiger partial charge in [-0.15, -0.1) is 0 Å². The van der Waals surface area contributed by atoms with E-state index in [4.69, 9.17) is 27.9 Å². The predicted molar refractivity (Wildman–Crippen MR) is 76.6 cm³/mol. The molecule has 1 atom stereocenters. The third kappa shape index (κ3) is 5.16. The normalized spacial score (nSPS) is 15.1. The first kappa shape index (κ1) is 17.6. The van der Waals surface area contributed by atoms with E-state index in [2.05, 4.69) is 9.71 Å². The number of aliphatic hydroxyl groups is 1. The standard InChI is InChI=1S/C11H16Cl2N2O4S/c1-11(16,3-4-19-2)7-15-20(17,18)8-5-9(12)10(13)14-6-8/h5-6,15-16H,3-4,7H2,1-2H3. The topological polar surface area (TPSA) is 88.5 Å². The van der Waals surface area contributed by atoms with Gasteiger partial charge in [0, 0.05) is 32.9 Å². The van der Waals surface area contributed by atoms with E-state index < -0.39 is 15.6 Å². The molecule has 0 aliphatic rings. The second-order valence-corrected chi connectivity index (χ2v) is 7.04. The highest BCUT2D eigenvalue weighted by Gasteiger charge is 2.24. The zero-order valence-corrected chi connectivity index (χ0v) is 13.4. The molecule has 0 amide bonds. The van der Waals surface area contributed by atoms with Crippen LogP contribution in [0.4, 0.5) is 0 Å². The van der Waals surface area contributed by atoms with Crippen LogP contribution in [0, 0.1) is 0 Å². The maximum Gasteiger partial charge on any atom is 0.242 e. The largest absolute Gasteiger partial charge is 0.389 e. The summed E-state index contributed by atoms with van der Waals surface area (Å²) >= 11 is 11.4. The molecule has 0 bridgehead atoms. The van der Waals surface area contributed by atoms with Crippen LogP contribution in [0.15, 0.2) is 17.2 Å². The van der Waals surface area contributed by atoms with Gasteiger partial charge >= 0.3 is 0 Å². The number of hydrogen-bond acceptors (Lipinski definition) is 5. The van der Waals surface area contributed by atoms with Crippen molar-refractivity contribution in [2.45, 2.75) is 23.8 Å². The average molecular weight is 343 g/mol. The van der Waals surface area contributed by atoms with Gasteiger partial charge < -0.3 is 9.84 Å². The molecule has 1 heterocycles. The van der Waals surface area contributed by atoms with Crippen LogP contribution in [-0.4, -0.2) is 44.4 Å². The van der Waals surface area contributed by atoms with Crippen molar-refractivity contribution in [3.05, 3.63) is 22.4 Å². The Morgan fingerprint density at radius 2 is 2.15 bits per heavy atom. The molecule has 1 unspecified atom stereocenters. The van der Waals surface area contributed by atoms with Crippen molar-refractivity contribution in [2.75, 3.05) is 20.3 Å². The Bertz CT molecular complexity index is 564. The van der Waals surface area contributed by atoms with Crippen molar-refractivity contribution in [2.24, 2.45) is 0 Å². The highest BCUT2D eigenvalue weighted by atomic mass is 35.5. The first-order chi connectivity index (χ1) is 9.18. The van der Waals surface area contributed by atoms with Gasteiger partial charge in [0.05, 0.1) is 10.6 Å². The minimum atomic E-state index is -3.81. The monoisotopic (exact) mass is 342 g/mol. The number of methoxy groups -OCH3 is 1. The van der Waals surface area contributed by atoms with E-state index in [1.165, 1.54) is 20.1 Å². The van der Waals surface area contributed by atoms with Gasteiger partial charge in [0.25, 0.3) is 0 Å². The number of rotatable bonds is 7. The number of sulfonamides is 1. The van der Waals surface area contributed by atoms with Gasteiger partial charge in [0.1, 0.15) is 10.0 Å². The summed E-state index contributed by atoms with van der Waals surface area (Å²) in [7, 11) is -2.31. The van der Waals surface area contributed by atoms with Gasteiger partial charge in [-0.25, -0.2) is 18.1 Å². The molecule has 0 radical (unpaired) electrons. The van der Waals surface area contributed by atoms with Crippen molar-refractivity contribution < 1.29 is 18.3 Å². The minimum Gasteiger partial charge on any atom is -0.389 e. The summed E-state index contributed by atoms with van der Waals surface area (Å²) in [6.07, 6.45) is 1.39. The molecular weight excluding hydrogens is 327 g/mol. The summed E-state index contributed by atoms with van der Waals surface area (Å²) in [5.41, 5.74) is -1.22. The summed E-state index contributed by atoms with van der Waals surface area (Å²) in [5, 5.41) is 10.1. The Kier molecular flexibility index (Phi) is 6.18. The van der Waals surface area contributed by atoms with Gasteiger partial charge in [0.2, 0.25) is 10.0 Å². The highest BCUT2D eigenvalue weighted by molar-refractivity contribution is 7.89. The molecular formula is C11H16Cl2N2O4S. The van der Waals surface area contributed by atoms with E-state index in [-0.39, 0.29) is 21.6 Å². The van der Waals surface area contributed by atoms with Crippen molar-refractivity contribution in [3.63, 3.8) is 0 Å². The lowest BCUT2D eigenvalue weighted by Crippen LogP contribution is -2.41. The number of halogens is 2. The molecule has 0 saturated carbocycles. The molecule has 0 fully saturated rings. The van der Waals surface area contributed by atoms with Gasteiger partial charge in [-0.3, -0.25) is 0 Å². The molecule has 114 valence electrons. The molecule has 0 aromatic carbocycles. The number of aromatic nitrogens is 1. The molecule has 20 heavy (non-hydrogen) atoms. The summed E-state index contributed by atoms with van der Waals surface area (Å²) in [5.74, 6) is 0. The molecule has 1 rings (SSSR count). The van der Waals surface area contributed by atoms with Gasteiger partial charge in [-0.1, -0.05) is 23.2 Å². The van der Waals surface area contributed by atoms with Crippen LogP contribution in [0.3, 0.4) is 0 Å². The Morgan fingerprint density at radius 1 is 1.50 bits per heavy atom. The van der Waals surface area contributed by atoms with Gasteiger partial charge in [0.15, 0.2) is 0 Å². The second-order valence-electron chi connectivity index (χ2n) is 4.51. The fourth-order valence-corrected chi connectivity index (χ4v) is 2.76. The van der Waals surface area contributed by atoms with Crippen molar-refractivity contribution in [3.8, 4) is 0 Å². The summed E-state index contributed by atoms with van der Waals surface area (Å²) in [4.78, 5) is 3.55. The summed E-state index contributed by atoms with van der Waals surface area (Å²) in [6, 6.07) is 1.20. The van der Waals surface area contributed by atoms with E-state index in [0.29, 0.717) is 13.0 Å².